The standard InChI is InChI=1S/C13H15F4N/c1-8-2-3-10(7-18-8)9-4-5-11(12(14)6-9)13(15,16)17/h4-6,8,10,18H,2-3,7H2,1H3. The second-order valence-electron chi connectivity index (χ2n) is 4.82. The molecule has 1 aromatic carbocycles. The zero-order chi connectivity index (χ0) is 13.3. The normalized spacial score (nSPS) is 25.2. The van der Waals surface area contributed by atoms with Crippen LogP contribution < -0.4 is 5.32 Å². The zero-order valence-electron chi connectivity index (χ0n) is 10.0. The minimum atomic E-state index is -4.62. The van der Waals surface area contributed by atoms with Gasteiger partial charge in [0.1, 0.15) is 5.82 Å². The fourth-order valence-electron chi connectivity index (χ4n) is 2.30. The number of alkyl halides is 3. The maximum absolute atomic E-state index is 13.4. The Labute approximate surface area is 103 Å². The zero-order valence-corrected chi connectivity index (χ0v) is 10.0. The highest BCUT2D eigenvalue weighted by Gasteiger charge is 2.34. The van der Waals surface area contributed by atoms with Gasteiger partial charge in [0.2, 0.25) is 0 Å². The van der Waals surface area contributed by atoms with Gasteiger partial charge in [0.15, 0.2) is 0 Å². The quantitative estimate of drug-likeness (QED) is 0.760. The van der Waals surface area contributed by atoms with Crippen LogP contribution in [0.5, 0.6) is 0 Å². The maximum Gasteiger partial charge on any atom is 0.419 e. The molecular weight excluding hydrogens is 246 g/mol. The molecule has 18 heavy (non-hydrogen) atoms. The highest BCUT2D eigenvalue weighted by molar-refractivity contribution is 5.29. The van der Waals surface area contributed by atoms with Crippen molar-refractivity contribution in [2.75, 3.05) is 6.54 Å². The number of halogens is 4. The molecule has 0 saturated carbocycles. The van der Waals surface area contributed by atoms with E-state index in [4.69, 9.17) is 0 Å². The van der Waals surface area contributed by atoms with Crippen molar-refractivity contribution in [3.05, 3.63) is 35.1 Å². The Balaban J connectivity index is 2.19. The predicted molar refractivity (Wildman–Crippen MR) is 60.8 cm³/mol. The van der Waals surface area contributed by atoms with Crippen molar-refractivity contribution in [1.82, 2.24) is 5.32 Å². The van der Waals surface area contributed by atoms with Crippen LogP contribution in [0.2, 0.25) is 0 Å². The van der Waals surface area contributed by atoms with Crippen LogP contribution in [0.3, 0.4) is 0 Å². The summed E-state index contributed by atoms with van der Waals surface area (Å²) in [6.07, 6.45) is -2.80. The first-order valence-electron chi connectivity index (χ1n) is 5.98. The topological polar surface area (TPSA) is 12.0 Å². The van der Waals surface area contributed by atoms with Gasteiger partial charge in [-0.25, -0.2) is 4.39 Å². The molecule has 2 rings (SSSR count). The molecule has 1 nitrogen and oxygen atoms in total. The van der Waals surface area contributed by atoms with Gasteiger partial charge in [-0.05, 0) is 43.4 Å². The van der Waals surface area contributed by atoms with E-state index < -0.39 is 17.6 Å². The monoisotopic (exact) mass is 261 g/mol. The third-order valence-electron chi connectivity index (χ3n) is 3.43. The Morgan fingerprint density at radius 1 is 1.22 bits per heavy atom. The van der Waals surface area contributed by atoms with Crippen molar-refractivity contribution < 1.29 is 17.6 Å². The van der Waals surface area contributed by atoms with Gasteiger partial charge >= 0.3 is 6.18 Å². The van der Waals surface area contributed by atoms with E-state index in [0.717, 1.165) is 25.0 Å². The van der Waals surface area contributed by atoms with Crippen LogP contribution in [0, 0.1) is 5.82 Å². The van der Waals surface area contributed by atoms with Crippen molar-refractivity contribution >= 4 is 0 Å². The summed E-state index contributed by atoms with van der Waals surface area (Å²) in [7, 11) is 0. The first-order valence-corrected chi connectivity index (χ1v) is 5.98. The van der Waals surface area contributed by atoms with Crippen LogP contribution in [0.15, 0.2) is 18.2 Å². The molecule has 0 spiro atoms. The molecule has 100 valence electrons. The molecule has 1 heterocycles. The van der Waals surface area contributed by atoms with Gasteiger partial charge in [0, 0.05) is 12.6 Å². The van der Waals surface area contributed by atoms with Crippen LogP contribution in [-0.2, 0) is 6.18 Å². The highest BCUT2D eigenvalue weighted by Crippen LogP contribution is 2.33. The second-order valence-corrected chi connectivity index (χ2v) is 4.82. The van der Waals surface area contributed by atoms with E-state index in [1.165, 1.54) is 6.07 Å². The number of piperidine rings is 1. The van der Waals surface area contributed by atoms with Crippen LogP contribution in [-0.4, -0.2) is 12.6 Å². The summed E-state index contributed by atoms with van der Waals surface area (Å²) >= 11 is 0. The smallest absolute Gasteiger partial charge is 0.314 e. The molecule has 0 radical (unpaired) electrons. The third kappa shape index (κ3) is 2.83. The van der Waals surface area contributed by atoms with E-state index in [1.54, 1.807) is 0 Å². The lowest BCUT2D eigenvalue weighted by molar-refractivity contribution is -0.140. The molecule has 1 aliphatic heterocycles. The fourth-order valence-corrected chi connectivity index (χ4v) is 2.30. The summed E-state index contributed by atoms with van der Waals surface area (Å²) in [5.41, 5.74) is -0.553. The molecule has 0 amide bonds. The summed E-state index contributed by atoms with van der Waals surface area (Å²) in [4.78, 5) is 0. The lowest BCUT2D eigenvalue weighted by Crippen LogP contribution is -2.35. The number of rotatable bonds is 1. The SMILES string of the molecule is CC1CCC(c2ccc(C(F)(F)F)c(F)c2)CN1. The summed E-state index contributed by atoms with van der Waals surface area (Å²) < 4.78 is 50.7. The Morgan fingerprint density at radius 3 is 2.44 bits per heavy atom. The summed E-state index contributed by atoms with van der Waals surface area (Å²) in [5.74, 6) is -1.09. The van der Waals surface area contributed by atoms with Crippen molar-refractivity contribution in [3.63, 3.8) is 0 Å². The molecule has 0 aromatic heterocycles. The average Bonchev–Trinajstić information content (AvgIpc) is 2.28. The molecule has 2 unspecified atom stereocenters. The molecule has 0 bridgehead atoms. The summed E-state index contributed by atoms with van der Waals surface area (Å²) in [5, 5.41) is 3.25. The number of hydrogen-bond donors (Lipinski definition) is 1. The van der Waals surface area contributed by atoms with Gasteiger partial charge in [-0.2, -0.15) is 13.2 Å². The van der Waals surface area contributed by atoms with Crippen LogP contribution in [0.1, 0.15) is 36.8 Å². The van der Waals surface area contributed by atoms with E-state index in [2.05, 4.69) is 12.2 Å². The maximum atomic E-state index is 13.4. The van der Waals surface area contributed by atoms with Crippen LogP contribution in [0.25, 0.3) is 0 Å². The lowest BCUT2D eigenvalue weighted by atomic mass is 9.88. The first-order chi connectivity index (χ1) is 8.38. The Kier molecular flexibility index (Phi) is 3.61. The average molecular weight is 261 g/mol. The molecule has 1 saturated heterocycles. The molecule has 1 aromatic rings. The Bertz CT molecular complexity index is 419. The molecule has 1 N–H and O–H groups in total. The van der Waals surface area contributed by atoms with Crippen molar-refractivity contribution in [3.8, 4) is 0 Å². The fraction of sp³-hybridized carbons (Fsp3) is 0.538. The summed E-state index contributed by atoms with van der Waals surface area (Å²) in [6, 6.07) is 3.66. The van der Waals surface area contributed by atoms with Crippen molar-refractivity contribution in [2.45, 2.75) is 37.9 Å². The minimum absolute atomic E-state index is 0.0954. The molecular formula is C13H15F4N. The second kappa shape index (κ2) is 4.88. The molecule has 2 atom stereocenters. The number of benzene rings is 1. The minimum Gasteiger partial charge on any atom is -0.314 e. The molecule has 5 heteroatoms. The number of hydrogen-bond acceptors (Lipinski definition) is 1. The van der Waals surface area contributed by atoms with Gasteiger partial charge in [-0.3, -0.25) is 0 Å². The molecule has 1 aliphatic rings. The lowest BCUT2D eigenvalue weighted by Gasteiger charge is -2.28. The van der Waals surface area contributed by atoms with E-state index in [9.17, 15) is 17.6 Å². The van der Waals surface area contributed by atoms with Crippen LogP contribution in [0.4, 0.5) is 17.6 Å². The van der Waals surface area contributed by atoms with E-state index in [1.807, 2.05) is 0 Å². The Morgan fingerprint density at radius 2 is 1.94 bits per heavy atom. The third-order valence-corrected chi connectivity index (χ3v) is 3.43. The Hall–Kier alpha value is -1.10. The van der Waals surface area contributed by atoms with E-state index in [-0.39, 0.29) is 5.92 Å². The van der Waals surface area contributed by atoms with Crippen molar-refractivity contribution in [1.29, 1.82) is 0 Å². The van der Waals surface area contributed by atoms with Gasteiger partial charge in [0.05, 0.1) is 5.56 Å². The largest absolute Gasteiger partial charge is 0.419 e. The van der Waals surface area contributed by atoms with Gasteiger partial charge in [-0.15, -0.1) is 0 Å². The van der Waals surface area contributed by atoms with E-state index in [0.29, 0.717) is 18.2 Å². The van der Waals surface area contributed by atoms with Gasteiger partial charge < -0.3 is 5.32 Å². The molecule has 1 fully saturated rings. The van der Waals surface area contributed by atoms with Crippen molar-refractivity contribution in [2.24, 2.45) is 0 Å². The highest BCUT2D eigenvalue weighted by atomic mass is 19.4. The number of nitrogens with one attached hydrogen (secondary N) is 1. The van der Waals surface area contributed by atoms with E-state index >= 15 is 0 Å². The predicted octanol–water partition coefficient (Wildman–Crippen LogP) is 3.70. The van der Waals surface area contributed by atoms with Gasteiger partial charge in [-0.1, -0.05) is 6.07 Å². The molecule has 0 aliphatic carbocycles. The first kappa shape index (κ1) is 13.3. The van der Waals surface area contributed by atoms with Crippen LogP contribution >= 0.6 is 0 Å². The van der Waals surface area contributed by atoms with Gasteiger partial charge in [0.25, 0.3) is 0 Å². The summed E-state index contributed by atoms with van der Waals surface area (Å²) in [6.45, 7) is 2.75.